The molecule has 3 aliphatic carbocycles. The Hall–Kier alpha value is -8.05. The summed E-state index contributed by atoms with van der Waals surface area (Å²) in [6.45, 7) is 1.51. The van der Waals surface area contributed by atoms with Crippen molar-refractivity contribution in [3.63, 3.8) is 0 Å². The van der Waals surface area contributed by atoms with Crippen LogP contribution in [0.2, 0.25) is 0 Å². The van der Waals surface area contributed by atoms with Crippen LogP contribution >= 0.6 is 0 Å². The molecule has 78 heavy (non-hydrogen) atoms. The van der Waals surface area contributed by atoms with Crippen molar-refractivity contribution in [1.29, 1.82) is 0 Å². The van der Waals surface area contributed by atoms with E-state index < -0.39 is 42.1 Å². The molecule has 4 amide bonds. The molecular formula is C62H66N4O12. The highest BCUT2D eigenvalue weighted by atomic mass is 16.6. The number of carboxylic acids is 1. The molecular weight excluding hydrogens is 993 g/mol. The molecule has 0 aliphatic heterocycles. The van der Waals surface area contributed by atoms with Crippen LogP contribution in [0.3, 0.4) is 0 Å². The van der Waals surface area contributed by atoms with Crippen molar-refractivity contribution < 1.29 is 57.5 Å². The van der Waals surface area contributed by atoms with Gasteiger partial charge in [-0.25, -0.2) is 14.4 Å². The average Bonchev–Trinajstić information content (AvgIpc) is 4.19. The summed E-state index contributed by atoms with van der Waals surface area (Å²) in [7, 11) is 0. The second kappa shape index (κ2) is 26.8. The van der Waals surface area contributed by atoms with Gasteiger partial charge in [0.25, 0.3) is 0 Å². The third-order valence-electron chi connectivity index (χ3n) is 14.3. The van der Waals surface area contributed by atoms with E-state index in [1.54, 1.807) is 0 Å². The van der Waals surface area contributed by atoms with E-state index in [-0.39, 0.29) is 103 Å². The van der Waals surface area contributed by atoms with Gasteiger partial charge in [0.05, 0.1) is 26.2 Å². The van der Waals surface area contributed by atoms with Crippen LogP contribution in [0.1, 0.15) is 83.2 Å². The van der Waals surface area contributed by atoms with Crippen LogP contribution in [0.25, 0.3) is 33.4 Å². The monoisotopic (exact) mass is 1060 g/mol. The molecule has 5 N–H and O–H groups in total. The Morgan fingerprint density at radius 3 is 0.936 bits per heavy atom. The number of carbonyl (C=O) groups excluding carboxylic acids is 4. The Balaban J connectivity index is 0.752. The summed E-state index contributed by atoms with van der Waals surface area (Å²) < 4.78 is 35.5. The fourth-order valence-electron chi connectivity index (χ4n) is 10.7. The lowest BCUT2D eigenvalue weighted by Gasteiger charge is -2.34. The first-order valence-electron chi connectivity index (χ1n) is 26.7. The number of rotatable bonds is 28. The first-order valence-corrected chi connectivity index (χ1v) is 26.7. The largest absolute Gasteiger partial charge is 0.481 e. The molecule has 0 atom stereocenters. The first-order chi connectivity index (χ1) is 38.2. The van der Waals surface area contributed by atoms with Gasteiger partial charge in [-0.2, -0.15) is 0 Å². The van der Waals surface area contributed by atoms with Crippen LogP contribution < -0.4 is 21.3 Å². The van der Waals surface area contributed by atoms with Crippen molar-refractivity contribution in [2.45, 2.75) is 55.4 Å². The fraction of sp³-hybridized carbons (Fsp3) is 0.339. The number of hydrogen-bond acceptors (Lipinski definition) is 11. The Kier molecular flexibility index (Phi) is 18.8. The molecule has 0 bridgehead atoms. The maximum Gasteiger partial charge on any atom is 0.407 e. The topological polar surface area (TPSA) is 209 Å². The predicted molar refractivity (Wildman–Crippen MR) is 293 cm³/mol. The Morgan fingerprint density at radius 2 is 0.667 bits per heavy atom. The Morgan fingerprint density at radius 1 is 0.397 bits per heavy atom. The van der Waals surface area contributed by atoms with Crippen LogP contribution in [-0.4, -0.2) is 120 Å². The third-order valence-corrected chi connectivity index (χ3v) is 14.3. The molecule has 16 nitrogen and oxygen atoms in total. The molecule has 6 aromatic rings. The van der Waals surface area contributed by atoms with Gasteiger partial charge in [-0.05, 0) is 86.0 Å². The predicted octanol–water partition coefficient (Wildman–Crippen LogP) is 9.54. The lowest BCUT2D eigenvalue weighted by molar-refractivity contribution is -0.139. The average molecular weight is 1060 g/mol. The molecule has 0 aromatic heterocycles. The van der Waals surface area contributed by atoms with Gasteiger partial charge in [0.2, 0.25) is 5.91 Å². The number of aliphatic carboxylic acids is 1. The van der Waals surface area contributed by atoms with Gasteiger partial charge >= 0.3 is 24.2 Å². The summed E-state index contributed by atoms with van der Waals surface area (Å²) in [6.07, 6.45) is -1.15. The summed E-state index contributed by atoms with van der Waals surface area (Å²) in [5.41, 5.74) is 12.2. The van der Waals surface area contributed by atoms with E-state index in [0.717, 1.165) is 66.8 Å². The summed E-state index contributed by atoms with van der Waals surface area (Å²) in [5.74, 6) is -1.91. The number of carbonyl (C=O) groups is 5. The quantitative estimate of drug-likeness (QED) is 0.0230. The zero-order chi connectivity index (χ0) is 54.1. The van der Waals surface area contributed by atoms with Gasteiger partial charge in [-0.15, -0.1) is 0 Å². The minimum Gasteiger partial charge on any atom is -0.481 e. The highest BCUT2D eigenvalue weighted by molar-refractivity contribution is 5.82. The number of hydrogen-bond donors (Lipinski definition) is 5. The maximum absolute atomic E-state index is 13.3. The molecule has 0 fully saturated rings. The molecule has 3 aliphatic rings. The van der Waals surface area contributed by atoms with Crippen molar-refractivity contribution in [1.82, 2.24) is 21.3 Å². The molecule has 6 aromatic carbocycles. The van der Waals surface area contributed by atoms with E-state index in [2.05, 4.69) is 94.1 Å². The molecule has 406 valence electrons. The maximum atomic E-state index is 13.3. The Bertz CT molecular complexity index is 2620. The zero-order valence-corrected chi connectivity index (χ0v) is 43.5. The molecule has 0 radical (unpaired) electrons. The zero-order valence-electron chi connectivity index (χ0n) is 43.5. The highest BCUT2D eigenvalue weighted by Crippen LogP contribution is 2.47. The fourth-order valence-corrected chi connectivity index (χ4v) is 10.7. The van der Waals surface area contributed by atoms with Gasteiger partial charge in [0.15, 0.2) is 0 Å². The van der Waals surface area contributed by atoms with E-state index >= 15 is 0 Å². The summed E-state index contributed by atoms with van der Waals surface area (Å²) in [5, 5.41) is 20.7. The number of benzene rings is 6. The molecule has 0 heterocycles. The van der Waals surface area contributed by atoms with E-state index in [1.807, 2.05) is 72.8 Å². The second-order valence-corrected chi connectivity index (χ2v) is 19.7. The number of alkyl carbamates (subject to hydrolysis) is 3. The highest BCUT2D eigenvalue weighted by Gasteiger charge is 2.35. The molecule has 9 rings (SSSR count). The van der Waals surface area contributed by atoms with Gasteiger partial charge in [-0.3, -0.25) is 9.59 Å². The molecule has 16 heteroatoms. The van der Waals surface area contributed by atoms with Crippen LogP contribution in [0.15, 0.2) is 146 Å². The lowest BCUT2D eigenvalue weighted by Crippen LogP contribution is -2.58. The Labute approximate surface area is 454 Å². The molecule has 0 saturated carbocycles. The minimum atomic E-state index is -1.28. The molecule has 0 spiro atoms. The SMILES string of the molecule is O=C(O)CCC(=O)NC(COCCCNC(=O)OCC1c2ccccc2-c2ccccc21)(COCCCNC(=O)OCC1c2ccccc2-c2ccccc21)COCCCNC(=O)OCC1c2ccccc2-c2ccccc21. The van der Waals surface area contributed by atoms with Crippen LogP contribution in [0.5, 0.6) is 0 Å². The smallest absolute Gasteiger partial charge is 0.407 e. The number of ether oxygens (including phenoxy) is 6. The minimum absolute atomic E-state index is 0.0788. The van der Waals surface area contributed by atoms with Crippen molar-refractivity contribution in [3.05, 3.63) is 179 Å². The van der Waals surface area contributed by atoms with Gasteiger partial charge < -0.3 is 54.8 Å². The standard InChI is InChI=1S/C62H66N4O12/c67-57(28-29-58(68)69)66-62(39-73-33-13-30-63-59(70)76-36-54-48-22-7-1-16-42(48)43-17-2-8-23-49(43)54,40-74-34-14-31-64-60(71)77-37-55-50-24-9-3-18-44(50)45-19-4-10-25-51(45)55)41-75-35-15-32-65-61(72)78-38-56-52-26-11-5-20-46(52)47-21-6-12-27-53(47)56/h1-12,16-27,54-56H,13-15,28-41H2,(H,63,70)(H,64,71)(H,65,72)(H,66,67)(H,68,69). The number of amides is 4. The van der Waals surface area contributed by atoms with Crippen molar-refractivity contribution >= 4 is 30.2 Å². The summed E-state index contributed by atoms with van der Waals surface area (Å²) >= 11 is 0. The van der Waals surface area contributed by atoms with E-state index in [0.29, 0.717) is 19.3 Å². The van der Waals surface area contributed by atoms with E-state index in [1.165, 1.54) is 0 Å². The number of carboxylic acid groups (broad SMARTS) is 1. The van der Waals surface area contributed by atoms with E-state index in [9.17, 15) is 29.1 Å². The van der Waals surface area contributed by atoms with E-state index in [4.69, 9.17) is 28.4 Å². The lowest BCUT2D eigenvalue weighted by atomic mass is 9.98. The van der Waals surface area contributed by atoms with Crippen molar-refractivity contribution in [3.8, 4) is 33.4 Å². The van der Waals surface area contributed by atoms with Gasteiger partial charge in [0, 0.05) is 63.6 Å². The third kappa shape index (κ3) is 13.7. The summed E-state index contributed by atoms with van der Waals surface area (Å²) in [4.78, 5) is 63.5. The van der Waals surface area contributed by atoms with Gasteiger partial charge in [0.1, 0.15) is 25.4 Å². The van der Waals surface area contributed by atoms with Crippen LogP contribution in [0, 0.1) is 0 Å². The van der Waals surface area contributed by atoms with Crippen LogP contribution in [0.4, 0.5) is 14.4 Å². The van der Waals surface area contributed by atoms with Crippen LogP contribution in [-0.2, 0) is 38.0 Å². The number of fused-ring (bicyclic) bond motifs is 9. The summed E-state index contributed by atoms with van der Waals surface area (Å²) in [6, 6.07) is 48.7. The molecule has 0 unspecified atom stereocenters. The van der Waals surface area contributed by atoms with Crippen molar-refractivity contribution in [2.24, 2.45) is 0 Å². The van der Waals surface area contributed by atoms with Gasteiger partial charge in [-0.1, -0.05) is 146 Å². The van der Waals surface area contributed by atoms with Crippen molar-refractivity contribution in [2.75, 3.05) is 79.1 Å². The second-order valence-electron chi connectivity index (χ2n) is 19.7. The molecule has 0 saturated heterocycles. The normalized spacial score (nSPS) is 13.0. The first kappa shape index (κ1) is 54.7. The number of nitrogens with one attached hydrogen (secondary N) is 4.